The summed E-state index contributed by atoms with van der Waals surface area (Å²) >= 11 is 0. The maximum Gasteiger partial charge on any atom is 2.00 e. The summed E-state index contributed by atoms with van der Waals surface area (Å²) in [6.07, 6.45) is 15.4. The number of nitrogens with zero attached hydrogens (tertiary/aromatic N) is 7. The third-order valence-corrected chi connectivity index (χ3v) is 16.3. The number of carbonyl (C=O) groups is 1. The van der Waals surface area contributed by atoms with Gasteiger partial charge in [0.25, 0.3) is 0 Å². The van der Waals surface area contributed by atoms with Crippen LogP contribution in [0.5, 0.6) is 5.75 Å². The van der Waals surface area contributed by atoms with Gasteiger partial charge in [0.2, 0.25) is 0 Å². The molecule has 0 spiro atoms. The minimum Gasteiger partial charge on any atom is -1.00 e. The summed E-state index contributed by atoms with van der Waals surface area (Å²) < 4.78 is 3.40. The first kappa shape index (κ1) is 70.7. The van der Waals surface area contributed by atoms with E-state index in [-0.39, 0.29) is 80.6 Å². The molecule has 0 radical (unpaired) electrons. The Hall–Kier alpha value is -4.78. The molecule has 1 aliphatic carbocycles. The first-order valence-corrected chi connectivity index (χ1v) is 28.4. The molecule has 0 atom stereocenters. The van der Waals surface area contributed by atoms with Gasteiger partial charge in [-0.1, -0.05) is 95.1 Å². The van der Waals surface area contributed by atoms with Crippen LogP contribution in [0.2, 0.25) is 0 Å². The number of H-pyrrole nitrogens is 1. The molecule has 8 bridgehead atoms. The molecular formula is C68H88Cl4N8O2Zn. The molecule has 3 aromatic heterocycles. The Kier molecular flexibility index (Phi) is 23.6. The molecule has 15 heteroatoms. The Morgan fingerprint density at radius 3 is 1.60 bits per heavy atom. The van der Waals surface area contributed by atoms with Gasteiger partial charge in [-0.25, -0.2) is 4.99 Å². The number of phenols is 1. The molecule has 0 unspecified atom stereocenters. The Bertz CT molecular complexity index is 3650. The quantitative estimate of drug-likeness (QED) is 0.0620. The molecule has 442 valence electrons. The number of aliphatic imine (C=N–C) groups is 1. The van der Waals surface area contributed by atoms with E-state index in [1.807, 2.05) is 30.3 Å². The smallest absolute Gasteiger partial charge is 1.00 e. The van der Waals surface area contributed by atoms with Crippen molar-refractivity contribution in [2.24, 2.45) is 4.99 Å². The van der Waals surface area contributed by atoms with Crippen LogP contribution in [0.25, 0.3) is 45.7 Å². The van der Waals surface area contributed by atoms with Crippen molar-refractivity contribution in [1.29, 1.82) is 0 Å². The molecule has 5 heterocycles. The summed E-state index contributed by atoms with van der Waals surface area (Å²) in [4.78, 5) is 36.6. The Morgan fingerprint density at radius 1 is 0.542 bits per heavy atom. The van der Waals surface area contributed by atoms with E-state index in [1.54, 1.807) is 6.08 Å². The number of hydrogen-bond donors (Lipinski definition) is 2. The summed E-state index contributed by atoms with van der Waals surface area (Å²) in [5.41, 5.74) is 19.3. The van der Waals surface area contributed by atoms with Crippen LogP contribution in [0.1, 0.15) is 112 Å². The predicted molar refractivity (Wildman–Crippen MR) is 326 cm³/mol. The number of aromatic amines is 1. The summed E-state index contributed by atoms with van der Waals surface area (Å²) in [7, 11) is 27.1. The Balaban J connectivity index is 0.00000296. The number of quaternary nitrogens is 4. The molecule has 9 rings (SSSR count). The van der Waals surface area contributed by atoms with Crippen LogP contribution >= 0.6 is 0 Å². The van der Waals surface area contributed by atoms with Crippen molar-refractivity contribution in [1.82, 2.24) is 15.0 Å². The number of ketones is 1. The zero-order valence-electron chi connectivity index (χ0n) is 52.3. The number of allylic oxidation sites excluding steroid dienone is 5. The van der Waals surface area contributed by atoms with E-state index in [9.17, 15) is 9.90 Å². The number of phenolic OH excluding ortho intramolecular Hbond substituents is 1. The number of halogens is 4. The molecule has 3 aromatic carbocycles. The van der Waals surface area contributed by atoms with E-state index in [0.29, 0.717) is 5.57 Å². The normalized spacial score (nSPS) is 16.8. The topological polar surface area (TPSA) is 93.6 Å². The molecule has 0 saturated carbocycles. The van der Waals surface area contributed by atoms with Crippen molar-refractivity contribution in [3.05, 3.63) is 167 Å². The average molecular weight is 1260 g/mol. The second kappa shape index (κ2) is 27.7. The third-order valence-electron chi connectivity index (χ3n) is 16.3. The van der Waals surface area contributed by atoms with Gasteiger partial charge < -0.3 is 87.6 Å². The number of fused-ring (bicyclic) bond motifs is 9. The summed E-state index contributed by atoms with van der Waals surface area (Å²) in [5, 5.41) is 16.4. The summed E-state index contributed by atoms with van der Waals surface area (Å²) in [6, 6.07) is 20.6. The molecule has 2 aliphatic heterocycles. The van der Waals surface area contributed by atoms with Crippen LogP contribution in [-0.2, 0) is 43.5 Å². The van der Waals surface area contributed by atoms with Crippen molar-refractivity contribution in [2.45, 2.75) is 79.1 Å². The van der Waals surface area contributed by atoms with Gasteiger partial charge in [0.15, 0.2) is 5.78 Å². The number of benzene rings is 3. The van der Waals surface area contributed by atoms with Crippen LogP contribution in [0, 0.1) is 20.8 Å². The largest absolute Gasteiger partial charge is 2.00 e. The Labute approximate surface area is 533 Å². The maximum atomic E-state index is 15.0. The fourth-order valence-electron chi connectivity index (χ4n) is 12.1. The van der Waals surface area contributed by atoms with Gasteiger partial charge in [0, 0.05) is 47.5 Å². The summed E-state index contributed by atoms with van der Waals surface area (Å²) in [6.45, 7) is 12.9. The van der Waals surface area contributed by atoms with Crippen LogP contribution in [0.15, 0.2) is 88.6 Å². The van der Waals surface area contributed by atoms with Crippen LogP contribution in [0.3, 0.4) is 0 Å². The van der Waals surface area contributed by atoms with Crippen LogP contribution in [0.4, 0.5) is 0 Å². The number of aromatic nitrogens is 3. The number of rotatable bonds is 17. The second-order valence-corrected chi connectivity index (χ2v) is 26.7. The third kappa shape index (κ3) is 15.6. The van der Waals surface area contributed by atoms with Gasteiger partial charge in [-0.05, 0) is 121 Å². The number of hydrogen-bond acceptors (Lipinski definition) is 3. The molecule has 6 aromatic rings. The molecule has 2 N–H and O–H groups in total. The zero-order valence-corrected chi connectivity index (χ0v) is 58.3. The molecular weight excluding hydrogens is 1170 g/mol. The standard InChI is InChI=1S/C68H86N8O2.4ClH.Zn/c1-43-49(29-21-37-73(5,6)7)55-41-56-51(31-23-39-75(11,12)13)45(3)67(71-56)64(62-54-28-20-18-26-48(54)34-36-60(62)78)68-46(4)52(32-24-40-76(14,15)16)58(72-68)42-57-50(30-22-38-74(8,9)10)44(2)66(70-57)63(65(43)69-55)61-53-27-19-17-25-47(53)33-35-59(61)77;;;;;/h17-20,25-28,33-36,41-42H,21-24,29-32,37-40H2,1-16H3;4*1H;/q;;;;;+2/p-2/b55-41-,56-41?,57-42?,58-42-,65-63-,66-63?,67-64?,68-64?;;;;;. The number of carbonyl (C=O) groups excluding carboxylic acids is 1. The van der Waals surface area contributed by atoms with Crippen LogP contribution in [-0.4, -0.2) is 150 Å². The minimum absolute atomic E-state index is 0. The van der Waals surface area contributed by atoms with Gasteiger partial charge >= 0.3 is 19.5 Å². The van der Waals surface area contributed by atoms with E-state index in [2.05, 4.69) is 166 Å². The fourth-order valence-corrected chi connectivity index (χ4v) is 12.1. The molecule has 0 amide bonds. The summed E-state index contributed by atoms with van der Waals surface area (Å²) in [5.74, 6) is 0.173. The monoisotopic (exact) mass is 1250 g/mol. The molecule has 3 aliphatic rings. The van der Waals surface area contributed by atoms with Crippen molar-refractivity contribution in [2.75, 3.05) is 111 Å². The van der Waals surface area contributed by atoms with Crippen LogP contribution < -0.4 is 70.3 Å². The SMILES string of the molecule is CC1=C(CCC[N+](C)(C)C)/C2=C/c3[n-]c(c(C)c3CCC[N+](C)(C)C)/C(c3c(O)ccc4ccccc34)=c3\[nH]/c(c(CCC[N+](C)(C)C)c3C)=C\c3[n-]c(c(C)c3CCC[N+](C)(C)C)/C(=C3/C(=O)C=Cc4ccccc43)C1=N2.[Cl-].[Cl-].[Cl-].[Cl-].[Zn+2]. The van der Waals surface area contributed by atoms with E-state index >= 15 is 0 Å². The van der Waals surface area contributed by atoms with E-state index < -0.39 is 0 Å². The van der Waals surface area contributed by atoms with E-state index in [0.717, 1.165) is 201 Å². The Morgan fingerprint density at radius 2 is 1.04 bits per heavy atom. The van der Waals surface area contributed by atoms with Gasteiger partial charge in [-0.3, -0.25) is 4.79 Å². The van der Waals surface area contributed by atoms with Crippen molar-refractivity contribution in [3.8, 4) is 5.75 Å². The number of aromatic hydroxyl groups is 1. The second-order valence-electron chi connectivity index (χ2n) is 26.7. The van der Waals surface area contributed by atoms with E-state index in [4.69, 9.17) is 15.0 Å². The van der Waals surface area contributed by atoms with Gasteiger partial charge in [-0.2, -0.15) is 0 Å². The van der Waals surface area contributed by atoms with Gasteiger partial charge in [0.05, 0.1) is 122 Å². The zero-order chi connectivity index (χ0) is 56.2. The molecule has 0 fully saturated rings. The molecule has 83 heavy (non-hydrogen) atoms. The molecule has 0 saturated heterocycles. The number of nitrogens with one attached hydrogen (secondary N) is 1. The molecule has 10 nitrogen and oxygen atoms in total. The van der Waals surface area contributed by atoms with Crippen molar-refractivity contribution < 1.29 is 96.9 Å². The van der Waals surface area contributed by atoms with Gasteiger partial charge in [-0.15, -0.1) is 22.8 Å². The van der Waals surface area contributed by atoms with Crippen molar-refractivity contribution in [3.63, 3.8) is 0 Å². The predicted octanol–water partition coefficient (Wildman–Crippen LogP) is -2.16. The first-order chi connectivity index (χ1) is 36.7. The minimum atomic E-state index is -0.0430. The van der Waals surface area contributed by atoms with Gasteiger partial charge in [0.1, 0.15) is 5.75 Å². The maximum absolute atomic E-state index is 15.0. The average Bonchev–Trinajstić information content (AvgIpc) is 4.03. The first-order valence-electron chi connectivity index (χ1n) is 28.4. The van der Waals surface area contributed by atoms with Crippen molar-refractivity contribution >= 4 is 57.2 Å². The van der Waals surface area contributed by atoms with E-state index in [1.165, 1.54) is 22.3 Å². The fraction of sp³-hybridized carbons (Fsp3) is 0.412.